The number of carbonyl (C=O) groups is 2. The second-order valence-electron chi connectivity index (χ2n) is 9.12. The first kappa shape index (κ1) is 24.6. The van der Waals surface area contributed by atoms with Crippen molar-refractivity contribution in [3.8, 4) is 11.3 Å². The average molecular weight is 530 g/mol. The van der Waals surface area contributed by atoms with Crippen molar-refractivity contribution in [3.05, 3.63) is 109 Å². The number of carbonyl (C=O) groups excluding carboxylic acids is 1. The van der Waals surface area contributed by atoms with Crippen molar-refractivity contribution in [2.45, 2.75) is 6.42 Å². The molecule has 4 N–H and O–H groups in total. The summed E-state index contributed by atoms with van der Waals surface area (Å²) in [6.07, 6.45) is 0.538. The maximum Gasteiger partial charge on any atom is 0.409 e. The molecule has 0 aliphatic heterocycles. The van der Waals surface area contributed by atoms with Crippen LogP contribution in [0.3, 0.4) is 0 Å². The summed E-state index contributed by atoms with van der Waals surface area (Å²) in [5.41, 5.74) is 5.89. The van der Waals surface area contributed by atoms with E-state index in [1.54, 1.807) is 36.4 Å². The molecular formula is C31H23N5O4. The second kappa shape index (κ2) is 10.6. The molecule has 0 unspecified atom stereocenters. The van der Waals surface area contributed by atoms with Crippen LogP contribution in [0.25, 0.3) is 33.2 Å². The van der Waals surface area contributed by atoms with Gasteiger partial charge >= 0.3 is 6.09 Å². The van der Waals surface area contributed by atoms with E-state index in [9.17, 15) is 9.59 Å². The lowest BCUT2D eigenvalue weighted by molar-refractivity contribution is -0.115. The minimum atomic E-state index is -1.14. The zero-order valence-electron chi connectivity index (χ0n) is 21.1. The monoisotopic (exact) mass is 529 g/mol. The predicted octanol–water partition coefficient (Wildman–Crippen LogP) is 7.06. The highest BCUT2D eigenvalue weighted by atomic mass is 16.4. The number of nitrogens with zero attached hydrogens (tertiary/aromatic N) is 2. The van der Waals surface area contributed by atoms with Gasteiger partial charge in [0.2, 0.25) is 5.91 Å². The minimum Gasteiger partial charge on any atom is -0.465 e. The zero-order valence-corrected chi connectivity index (χ0v) is 21.1. The van der Waals surface area contributed by atoms with Gasteiger partial charge in [-0.3, -0.25) is 10.1 Å². The Labute approximate surface area is 228 Å². The lowest BCUT2D eigenvalue weighted by atomic mass is 10.1. The Balaban J connectivity index is 1.13. The average Bonchev–Trinajstić information content (AvgIpc) is 3.34. The summed E-state index contributed by atoms with van der Waals surface area (Å²) < 4.78 is 6.16. The molecule has 0 bridgehead atoms. The summed E-state index contributed by atoms with van der Waals surface area (Å²) in [5, 5.41) is 19.3. The van der Waals surface area contributed by atoms with Crippen molar-refractivity contribution < 1.29 is 19.1 Å². The number of hydrogen-bond acceptors (Lipinski definition) is 6. The van der Waals surface area contributed by atoms with Gasteiger partial charge in [-0.1, -0.05) is 42.5 Å². The summed E-state index contributed by atoms with van der Waals surface area (Å²) in [4.78, 5) is 32.0. The number of rotatable bonds is 7. The quantitative estimate of drug-likeness (QED) is 0.174. The third kappa shape index (κ3) is 5.30. The summed E-state index contributed by atoms with van der Waals surface area (Å²) in [6.45, 7) is 0. The van der Waals surface area contributed by atoms with Crippen LogP contribution in [0.15, 0.2) is 108 Å². The predicted molar refractivity (Wildman–Crippen MR) is 155 cm³/mol. The molecule has 0 spiro atoms. The fourth-order valence-electron chi connectivity index (χ4n) is 4.53. The third-order valence-corrected chi connectivity index (χ3v) is 6.36. The molecular weight excluding hydrogens is 506 g/mol. The maximum absolute atomic E-state index is 12.5. The molecule has 0 aliphatic carbocycles. The lowest BCUT2D eigenvalue weighted by Crippen LogP contribution is -2.14. The van der Waals surface area contributed by atoms with E-state index in [1.165, 1.54) is 6.33 Å². The van der Waals surface area contributed by atoms with E-state index < -0.39 is 6.09 Å². The molecule has 196 valence electrons. The number of nitrogens with one attached hydrogen (secondary N) is 3. The molecule has 0 fully saturated rings. The summed E-state index contributed by atoms with van der Waals surface area (Å²) >= 11 is 0. The first-order valence-corrected chi connectivity index (χ1v) is 12.5. The molecule has 0 radical (unpaired) electrons. The van der Waals surface area contributed by atoms with Crippen LogP contribution >= 0.6 is 0 Å². The van der Waals surface area contributed by atoms with E-state index in [0.717, 1.165) is 44.4 Å². The molecule has 0 saturated carbocycles. The molecule has 2 aromatic heterocycles. The number of carboxylic acid groups (broad SMARTS) is 1. The second-order valence-corrected chi connectivity index (χ2v) is 9.12. The van der Waals surface area contributed by atoms with Crippen molar-refractivity contribution >= 4 is 56.8 Å². The van der Waals surface area contributed by atoms with E-state index in [4.69, 9.17) is 9.52 Å². The lowest BCUT2D eigenvalue weighted by Gasteiger charge is -2.10. The SMILES string of the molecule is O=C(O)Nc1ccc(CC(=O)Nc2ccc(Nc3cc(-c4cccc5c4oc4ccccc45)ncn3)cc2)cc1. The molecule has 4 aromatic carbocycles. The first-order chi connectivity index (χ1) is 19.5. The third-order valence-electron chi connectivity index (χ3n) is 6.36. The highest BCUT2D eigenvalue weighted by Crippen LogP contribution is 2.35. The highest BCUT2D eigenvalue weighted by Gasteiger charge is 2.13. The fourth-order valence-corrected chi connectivity index (χ4v) is 4.53. The number of hydrogen-bond donors (Lipinski definition) is 4. The number of amides is 2. The Bertz CT molecular complexity index is 1850. The van der Waals surface area contributed by atoms with Gasteiger partial charge in [0.25, 0.3) is 0 Å². The van der Waals surface area contributed by atoms with Gasteiger partial charge in [0, 0.05) is 39.5 Å². The van der Waals surface area contributed by atoms with Crippen LogP contribution < -0.4 is 16.0 Å². The summed E-state index contributed by atoms with van der Waals surface area (Å²) in [7, 11) is 0. The molecule has 40 heavy (non-hydrogen) atoms. The Kier molecular flexibility index (Phi) is 6.51. The van der Waals surface area contributed by atoms with Crippen LogP contribution in [0.2, 0.25) is 0 Å². The number of anilines is 4. The van der Waals surface area contributed by atoms with Gasteiger partial charge in [-0.15, -0.1) is 0 Å². The molecule has 9 nitrogen and oxygen atoms in total. The van der Waals surface area contributed by atoms with Gasteiger partial charge in [-0.2, -0.15) is 0 Å². The molecule has 0 aliphatic rings. The standard InChI is InChI=1S/C31H23N5O4/c37-29(16-19-8-10-22(11-9-19)36-31(38)39)35-21-14-12-20(13-15-21)34-28-17-26(32-18-33-28)25-6-3-5-24-23-4-1-2-7-27(23)40-30(24)25/h1-15,17-18,36H,16H2,(H,35,37)(H,38,39)(H,32,33,34). The van der Waals surface area contributed by atoms with Gasteiger partial charge in [-0.25, -0.2) is 14.8 Å². The molecule has 6 rings (SSSR count). The first-order valence-electron chi connectivity index (χ1n) is 12.5. The number of furan rings is 1. The van der Waals surface area contributed by atoms with Gasteiger partial charge in [0.05, 0.1) is 12.1 Å². The Morgan fingerprint density at radius 2 is 1.45 bits per heavy atom. The molecule has 0 atom stereocenters. The summed E-state index contributed by atoms with van der Waals surface area (Å²) in [6, 6.07) is 29.8. The largest absolute Gasteiger partial charge is 0.465 e. The summed E-state index contributed by atoms with van der Waals surface area (Å²) in [5.74, 6) is 0.440. The molecule has 2 heterocycles. The normalized spacial score (nSPS) is 10.9. The molecule has 6 aromatic rings. The Hall–Kier alpha value is -5.70. The van der Waals surface area contributed by atoms with Crippen molar-refractivity contribution in [2.24, 2.45) is 0 Å². The molecule has 9 heteroatoms. The van der Waals surface area contributed by atoms with Crippen LogP contribution in [-0.4, -0.2) is 27.1 Å². The number of benzene rings is 4. The number of aromatic nitrogens is 2. The van der Waals surface area contributed by atoms with Crippen LogP contribution in [-0.2, 0) is 11.2 Å². The molecule has 0 saturated heterocycles. The van der Waals surface area contributed by atoms with E-state index in [1.807, 2.05) is 60.7 Å². The van der Waals surface area contributed by atoms with Gasteiger partial charge in [0.15, 0.2) is 0 Å². The highest BCUT2D eigenvalue weighted by molar-refractivity contribution is 6.09. The van der Waals surface area contributed by atoms with Crippen molar-refractivity contribution in [1.82, 2.24) is 9.97 Å². The van der Waals surface area contributed by atoms with Crippen LogP contribution in [0, 0.1) is 0 Å². The van der Waals surface area contributed by atoms with E-state index in [-0.39, 0.29) is 12.3 Å². The van der Waals surface area contributed by atoms with E-state index in [0.29, 0.717) is 17.2 Å². The fraction of sp³-hybridized carbons (Fsp3) is 0.0323. The smallest absolute Gasteiger partial charge is 0.409 e. The Morgan fingerprint density at radius 1 is 0.750 bits per heavy atom. The van der Waals surface area contributed by atoms with E-state index in [2.05, 4.69) is 25.9 Å². The zero-order chi connectivity index (χ0) is 27.5. The minimum absolute atomic E-state index is 0.162. The number of para-hydroxylation sites is 2. The van der Waals surface area contributed by atoms with E-state index >= 15 is 0 Å². The van der Waals surface area contributed by atoms with Crippen LogP contribution in [0.5, 0.6) is 0 Å². The van der Waals surface area contributed by atoms with Crippen molar-refractivity contribution in [2.75, 3.05) is 16.0 Å². The van der Waals surface area contributed by atoms with Gasteiger partial charge in [0.1, 0.15) is 23.3 Å². The molecule has 2 amide bonds. The topological polar surface area (TPSA) is 129 Å². The van der Waals surface area contributed by atoms with Crippen molar-refractivity contribution in [1.29, 1.82) is 0 Å². The van der Waals surface area contributed by atoms with Crippen molar-refractivity contribution in [3.63, 3.8) is 0 Å². The number of fused-ring (bicyclic) bond motifs is 3. The van der Waals surface area contributed by atoms with Gasteiger partial charge < -0.3 is 20.2 Å². The van der Waals surface area contributed by atoms with Gasteiger partial charge in [-0.05, 0) is 54.1 Å². The maximum atomic E-state index is 12.5. The van der Waals surface area contributed by atoms with Crippen LogP contribution in [0.4, 0.5) is 27.7 Å². The van der Waals surface area contributed by atoms with Crippen LogP contribution in [0.1, 0.15) is 5.56 Å². The Morgan fingerprint density at radius 3 is 2.25 bits per heavy atom.